The lowest BCUT2D eigenvalue weighted by atomic mass is 9.84. The van der Waals surface area contributed by atoms with Crippen molar-refractivity contribution in [2.45, 2.75) is 25.5 Å². The van der Waals surface area contributed by atoms with Gasteiger partial charge in [-0.25, -0.2) is 0 Å². The lowest BCUT2D eigenvalue weighted by Gasteiger charge is -2.44. The number of rotatable bonds is 5. The number of nitrogens with one attached hydrogen (secondary N) is 1. The molecule has 2 bridgehead atoms. The maximum absolute atomic E-state index is 13.0. The number of nitrogens with zero attached hydrogens (tertiary/aromatic N) is 1. The van der Waals surface area contributed by atoms with Crippen LogP contribution in [-0.2, 0) is 6.61 Å². The molecule has 1 amide bonds. The molecule has 3 fully saturated rings. The van der Waals surface area contributed by atoms with E-state index in [1.165, 1.54) is 0 Å². The molecule has 1 unspecified atom stereocenters. The Morgan fingerprint density at radius 1 is 1.22 bits per heavy atom. The number of fused-ring (bicyclic) bond motifs is 3. The Bertz CT molecular complexity index is 820. The van der Waals surface area contributed by atoms with Crippen LogP contribution in [0.25, 0.3) is 0 Å². The van der Waals surface area contributed by atoms with E-state index in [0.717, 1.165) is 38.0 Å². The van der Waals surface area contributed by atoms with Gasteiger partial charge in [0.2, 0.25) is 0 Å². The van der Waals surface area contributed by atoms with Crippen molar-refractivity contribution in [2.75, 3.05) is 25.4 Å². The summed E-state index contributed by atoms with van der Waals surface area (Å²) in [7, 11) is 0. The van der Waals surface area contributed by atoms with Gasteiger partial charge in [-0.2, -0.15) is 0 Å². The first-order valence-corrected chi connectivity index (χ1v) is 9.77. The summed E-state index contributed by atoms with van der Waals surface area (Å²) in [5, 5.41) is 3.55. The molecule has 142 valence electrons. The highest BCUT2D eigenvalue weighted by Gasteiger charge is 2.35. The second-order valence-corrected chi connectivity index (χ2v) is 7.77. The second kappa shape index (κ2) is 7.79. The summed E-state index contributed by atoms with van der Waals surface area (Å²) in [5.74, 6) is 0.857. The quantitative estimate of drug-likeness (QED) is 0.775. The number of nitrogen functional groups attached to an aromatic ring is 1. The lowest BCUT2D eigenvalue weighted by Crippen LogP contribution is -2.57. The number of ether oxygens (including phenoxy) is 1. The monoisotopic (exact) mass is 385 g/mol. The van der Waals surface area contributed by atoms with Gasteiger partial charge in [0.25, 0.3) is 5.91 Å². The fourth-order valence-corrected chi connectivity index (χ4v) is 4.14. The lowest BCUT2D eigenvalue weighted by molar-refractivity contribution is 0.0618. The van der Waals surface area contributed by atoms with Crippen LogP contribution in [-0.4, -0.2) is 36.5 Å². The molecule has 5 rings (SSSR count). The van der Waals surface area contributed by atoms with E-state index >= 15 is 0 Å². The van der Waals surface area contributed by atoms with Gasteiger partial charge in [-0.05, 0) is 43.5 Å². The predicted molar refractivity (Wildman–Crippen MR) is 107 cm³/mol. The number of hydrogen-bond donors (Lipinski definition) is 2. The molecule has 0 aromatic heterocycles. The molecular formula is C21H24ClN3O2. The Balaban J connectivity index is 1.51. The molecule has 6 heteroatoms. The van der Waals surface area contributed by atoms with Crippen LogP contribution in [0.5, 0.6) is 5.75 Å². The highest BCUT2D eigenvalue weighted by Crippen LogP contribution is 2.31. The number of halogens is 1. The molecule has 0 aliphatic carbocycles. The molecule has 0 saturated carbocycles. The molecule has 1 atom stereocenters. The maximum Gasteiger partial charge on any atom is 0.255 e. The third-order valence-electron chi connectivity index (χ3n) is 5.55. The Hall–Kier alpha value is -2.24. The molecule has 0 spiro atoms. The van der Waals surface area contributed by atoms with Gasteiger partial charge in [-0.1, -0.05) is 41.9 Å². The van der Waals surface area contributed by atoms with Crippen molar-refractivity contribution in [1.82, 2.24) is 10.2 Å². The first-order chi connectivity index (χ1) is 13.1. The fraction of sp³-hybridized carbons (Fsp3) is 0.381. The number of anilines is 1. The number of carbonyl (C=O) groups excluding carboxylic acids is 1. The summed E-state index contributed by atoms with van der Waals surface area (Å²) in [5.41, 5.74) is 7.80. The van der Waals surface area contributed by atoms with Crippen LogP contribution in [0, 0.1) is 5.92 Å². The molecule has 0 radical (unpaired) electrons. The van der Waals surface area contributed by atoms with E-state index in [2.05, 4.69) is 10.2 Å². The normalized spacial score (nSPS) is 23.8. The van der Waals surface area contributed by atoms with Gasteiger partial charge < -0.3 is 20.7 Å². The number of piperidine rings is 3. The molecule has 3 aliphatic rings. The fourth-order valence-electron chi connectivity index (χ4n) is 3.98. The zero-order valence-electron chi connectivity index (χ0n) is 15.2. The van der Waals surface area contributed by atoms with Crippen LogP contribution in [0.3, 0.4) is 0 Å². The van der Waals surface area contributed by atoms with Crippen molar-refractivity contribution in [3.05, 3.63) is 58.6 Å². The Labute approximate surface area is 164 Å². The van der Waals surface area contributed by atoms with Gasteiger partial charge >= 0.3 is 0 Å². The van der Waals surface area contributed by atoms with Gasteiger partial charge in [0.1, 0.15) is 12.4 Å². The van der Waals surface area contributed by atoms with Crippen LogP contribution < -0.4 is 15.8 Å². The minimum atomic E-state index is -0.154. The SMILES string of the molecule is Nc1cc(OCc2ccccc2)c(C(=O)NC2CN3CCC2CC3)cc1Cl. The largest absolute Gasteiger partial charge is 0.488 e. The average molecular weight is 386 g/mol. The summed E-state index contributed by atoms with van der Waals surface area (Å²) in [6.45, 7) is 3.55. The van der Waals surface area contributed by atoms with E-state index in [4.69, 9.17) is 22.1 Å². The molecular weight excluding hydrogens is 362 g/mol. The van der Waals surface area contributed by atoms with Gasteiger partial charge in [0.15, 0.2) is 0 Å². The number of nitrogens with two attached hydrogens (primary N) is 1. The van der Waals surface area contributed by atoms with Crippen molar-refractivity contribution in [1.29, 1.82) is 0 Å². The molecule has 5 nitrogen and oxygen atoms in total. The highest BCUT2D eigenvalue weighted by atomic mass is 35.5. The number of benzene rings is 2. The van der Waals surface area contributed by atoms with Crippen molar-refractivity contribution in [3.63, 3.8) is 0 Å². The van der Waals surface area contributed by atoms with E-state index in [-0.39, 0.29) is 11.9 Å². The number of amides is 1. The van der Waals surface area contributed by atoms with Crippen LogP contribution in [0.2, 0.25) is 5.02 Å². The summed E-state index contributed by atoms with van der Waals surface area (Å²) in [6, 6.07) is 13.2. The van der Waals surface area contributed by atoms with Crippen molar-refractivity contribution in [3.8, 4) is 5.75 Å². The summed E-state index contributed by atoms with van der Waals surface area (Å²) in [6.07, 6.45) is 2.29. The minimum Gasteiger partial charge on any atom is -0.488 e. The maximum atomic E-state index is 13.0. The summed E-state index contributed by atoms with van der Waals surface area (Å²) in [4.78, 5) is 15.4. The third kappa shape index (κ3) is 4.04. The third-order valence-corrected chi connectivity index (χ3v) is 5.88. The molecule has 3 heterocycles. The van der Waals surface area contributed by atoms with E-state index in [9.17, 15) is 4.79 Å². The molecule has 3 saturated heterocycles. The first-order valence-electron chi connectivity index (χ1n) is 9.39. The molecule has 2 aromatic carbocycles. The van der Waals surface area contributed by atoms with Crippen molar-refractivity contribution < 1.29 is 9.53 Å². The second-order valence-electron chi connectivity index (χ2n) is 7.36. The van der Waals surface area contributed by atoms with Crippen molar-refractivity contribution in [2.24, 2.45) is 5.92 Å². The van der Waals surface area contributed by atoms with Crippen molar-refractivity contribution >= 4 is 23.2 Å². The van der Waals surface area contributed by atoms with Gasteiger partial charge in [-0.3, -0.25) is 4.79 Å². The topological polar surface area (TPSA) is 67.6 Å². The summed E-state index contributed by atoms with van der Waals surface area (Å²) >= 11 is 6.18. The average Bonchev–Trinajstić information content (AvgIpc) is 2.70. The zero-order chi connectivity index (χ0) is 18.8. The van der Waals surface area contributed by atoms with Gasteiger partial charge in [-0.15, -0.1) is 0 Å². The Morgan fingerprint density at radius 2 is 1.96 bits per heavy atom. The van der Waals surface area contributed by atoms with E-state index in [0.29, 0.717) is 34.5 Å². The smallest absolute Gasteiger partial charge is 0.255 e. The first kappa shape index (κ1) is 18.1. The molecule has 2 aromatic rings. The van der Waals surface area contributed by atoms with Crippen LogP contribution in [0.15, 0.2) is 42.5 Å². The Morgan fingerprint density at radius 3 is 2.63 bits per heavy atom. The van der Waals surface area contributed by atoms with E-state index in [1.54, 1.807) is 12.1 Å². The van der Waals surface area contributed by atoms with Crippen LogP contribution >= 0.6 is 11.6 Å². The van der Waals surface area contributed by atoms with E-state index in [1.807, 2.05) is 30.3 Å². The number of hydrogen-bond acceptors (Lipinski definition) is 4. The standard InChI is InChI=1S/C21H24ClN3O2/c22-17-10-16(21(26)24-19-12-25-8-6-15(19)7-9-25)20(11-18(17)23)27-13-14-4-2-1-3-5-14/h1-5,10-11,15,19H,6-9,12-13,23H2,(H,24,26). The minimum absolute atomic E-state index is 0.154. The van der Waals surface area contributed by atoms with Crippen LogP contribution in [0.1, 0.15) is 28.8 Å². The molecule has 3 aliphatic heterocycles. The van der Waals surface area contributed by atoms with Gasteiger partial charge in [0, 0.05) is 18.7 Å². The highest BCUT2D eigenvalue weighted by molar-refractivity contribution is 6.33. The van der Waals surface area contributed by atoms with Crippen LogP contribution in [0.4, 0.5) is 5.69 Å². The van der Waals surface area contributed by atoms with Gasteiger partial charge in [0.05, 0.1) is 16.3 Å². The Kier molecular flexibility index (Phi) is 5.23. The molecule has 3 N–H and O–H groups in total. The summed E-state index contributed by atoms with van der Waals surface area (Å²) < 4.78 is 5.92. The molecule has 27 heavy (non-hydrogen) atoms. The zero-order valence-corrected chi connectivity index (χ0v) is 15.9. The number of carbonyl (C=O) groups is 1. The predicted octanol–water partition coefficient (Wildman–Crippen LogP) is 3.33. The van der Waals surface area contributed by atoms with E-state index < -0.39 is 0 Å².